The Bertz CT molecular complexity index is 154. The molecule has 0 aliphatic rings. The number of nitrogens with one attached hydrogen (secondary N) is 1. The van der Waals surface area contributed by atoms with Crippen molar-refractivity contribution in [3.63, 3.8) is 0 Å². The van der Waals surface area contributed by atoms with Gasteiger partial charge >= 0.3 is 0 Å². The van der Waals surface area contributed by atoms with Gasteiger partial charge in [-0.25, -0.2) is 0 Å². The average molecular weight is 296 g/mol. The molecular formula is C12H37NOSi3. The number of hydrogen-bond acceptors (Lipinski definition) is 2. The van der Waals surface area contributed by atoms with Gasteiger partial charge in [-0.2, -0.15) is 0 Å². The lowest BCUT2D eigenvalue weighted by Gasteiger charge is -2.28. The molecule has 0 rings (SSSR count). The third kappa shape index (κ3) is 38.4. The zero-order valence-corrected chi connectivity index (χ0v) is 17.4. The predicted molar refractivity (Wildman–Crippen MR) is 91.5 cm³/mol. The van der Waals surface area contributed by atoms with Gasteiger partial charge in [0.05, 0.1) is 0 Å². The molecule has 0 amide bonds. The maximum atomic E-state index is 5.08. The molecule has 0 bridgehead atoms. The van der Waals surface area contributed by atoms with Crippen LogP contribution in [0.15, 0.2) is 0 Å². The van der Waals surface area contributed by atoms with Crippen LogP contribution in [0.3, 0.4) is 0 Å². The fourth-order valence-corrected chi connectivity index (χ4v) is 10.1. The molecule has 2 nitrogen and oxygen atoms in total. The highest BCUT2D eigenvalue weighted by Gasteiger charge is 2.22. The normalized spacial score (nSPS) is 12.0. The van der Waals surface area contributed by atoms with E-state index in [4.69, 9.17) is 4.43 Å². The van der Waals surface area contributed by atoms with Gasteiger partial charge in [0.1, 0.15) is 16.5 Å². The molecular weight excluding hydrogens is 258 g/mol. The minimum Gasteiger partial charge on any atom is -0.421 e. The highest BCUT2D eigenvalue weighted by Crippen LogP contribution is 2.02. The Labute approximate surface area is 114 Å². The number of rotatable bonds is 3. The molecule has 0 fully saturated rings. The van der Waals surface area contributed by atoms with Crippen LogP contribution in [0.5, 0.6) is 0 Å². The monoisotopic (exact) mass is 295 g/mol. The smallest absolute Gasteiger partial charge is 0.183 e. The summed E-state index contributed by atoms with van der Waals surface area (Å²) in [7, 11) is -1.32. The highest BCUT2D eigenvalue weighted by atomic mass is 28.4. The summed E-state index contributed by atoms with van der Waals surface area (Å²) in [5.74, 6) is 0. The quantitative estimate of drug-likeness (QED) is 0.759. The third-order valence-corrected chi connectivity index (χ3v) is 8.59. The van der Waals surface area contributed by atoms with Crippen LogP contribution in [-0.2, 0) is 4.43 Å². The summed E-state index contributed by atoms with van der Waals surface area (Å²) in [6, 6.07) is 0. The van der Waals surface area contributed by atoms with Crippen LogP contribution < -0.4 is 4.65 Å². The maximum absolute atomic E-state index is 5.08. The first kappa shape index (κ1) is 22.7. The third-order valence-electron chi connectivity index (χ3n) is 1.36. The summed E-state index contributed by atoms with van der Waals surface area (Å²) in [6.07, 6.45) is 0. The molecule has 1 N–H and O–H groups in total. The standard InChI is InChI=1S/C6H19NSi2.C4H12OSi.C2H6/c1-8(2,3)7-9(4,5)6;1-5-6(2,3)4;1-2/h7H,1-6H3;1-4H3;1-2H3. The molecule has 5 heteroatoms. The van der Waals surface area contributed by atoms with E-state index < -0.39 is 24.8 Å². The van der Waals surface area contributed by atoms with Gasteiger partial charge < -0.3 is 9.07 Å². The largest absolute Gasteiger partial charge is 0.421 e. The zero-order chi connectivity index (χ0) is 14.9. The van der Waals surface area contributed by atoms with E-state index >= 15 is 0 Å². The summed E-state index contributed by atoms with van der Waals surface area (Å²) in [6.45, 7) is 24.6. The van der Waals surface area contributed by atoms with Crippen molar-refractivity contribution in [2.75, 3.05) is 7.11 Å². The predicted octanol–water partition coefficient (Wildman–Crippen LogP) is 4.74. The van der Waals surface area contributed by atoms with Crippen LogP contribution in [0, 0.1) is 0 Å². The van der Waals surface area contributed by atoms with Crippen molar-refractivity contribution in [2.45, 2.75) is 72.8 Å². The van der Waals surface area contributed by atoms with Crippen LogP contribution >= 0.6 is 0 Å². The van der Waals surface area contributed by atoms with Crippen LogP contribution in [0.4, 0.5) is 0 Å². The van der Waals surface area contributed by atoms with Gasteiger partial charge in [0.15, 0.2) is 8.32 Å². The van der Waals surface area contributed by atoms with Crippen molar-refractivity contribution in [3.8, 4) is 0 Å². The van der Waals surface area contributed by atoms with Crippen molar-refractivity contribution in [2.24, 2.45) is 0 Å². The van der Waals surface area contributed by atoms with Crippen molar-refractivity contribution < 1.29 is 4.43 Å². The Balaban J connectivity index is -0.000000213. The Morgan fingerprint density at radius 3 is 0.824 bits per heavy atom. The molecule has 0 aromatic heterocycles. The zero-order valence-electron chi connectivity index (χ0n) is 14.4. The van der Waals surface area contributed by atoms with E-state index in [-0.39, 0.29) is 0 Å². The second kappa shape index (κ2) is 9.49. The van der Waals surface area contributed by atoms with Gasteiger partial charge in [-0.1, -0.05) is 53.1 Å². The SMILES string of the molecule is CC.CO[Si](C)(C)C.C[Si](C)(C)N[Si](C)(C)C. The molecule has 0 aliphatic carbocycles. The molecule has 0 spiro atoms. The molecule has 0 aromatic carbocycles. The molecule has 0 aliphatic heterocycles. The summed E-state index contributed by atoms with van der Waals surface area (Å²) < 4.78 is 8.81. The van der Waals surface area contributed by atoms with Gasteiger partial charge in [-0.05, 0) is 19.6 Å². The lowest BCUT2D eigenvalue weighted by atomic mass is 11.0. The molecule has 0 radical (unpaired) electrons. The fourth-order valence-electron chi connectivity index (χ4n) is 1.12. The fraction of sp³-hybridized carbons (Fsp3) is 1.00. The van der Waals surface area contributed by atoms with Gasteiger partial charge in [0, 0.05) is 7.11 Å². The van der Waals surface area contributed by atoms with E-state index in [0.29, 0.717) is 0 Å². The minimum absolute atomic E-state index is 0.981. The maximum Gasteiger partial charge on any atom is 0.183 e. The van der Waals surface area contributed by atoms with Gasteiger partial charge in [-0.3, -0.25) is 0 Å². The molecule has 108 valence electrons. The number of hydrogen-bond donors (Lipinski definition) is 1. The van der Waals surface area contributed by atoms with Crippen LogP contribution in [0.25, 0.3) is 0 Å². The van der Waals surface area contributed by atoms with E-state index in [0.717, 1.165) is 0 Å². The van der Waals surface area contributed by atoms with Crippen molar-refractivity contribution in [1.82, 2.24) is 4.65 Å². The summed E-state index contributed by atoms with van der Waals surface area (Å²) >= 11 is 0. The molecule has 0 aromatic rings. The first-order valence-corrected chi connectivity index (χ1v) is 17.0. The van der Waals surface area contributed by atoms with Crippen molar-refractivity contribution in [1.29, 1.82) is 0 Å². The average Bonchev–Trinajstić information content (AvgIpc) is 2.01. The lowest BCUT2D eigenvalue weighted by molar-refractivity contribution is 0.411. The first-order chi connectivity index (χ1) is 7.27. The minimum atomic E-state index is -1.13. The molecule has 17 heavy (non-hydrogen) atoms. The van der Waals surface area contributed by atoms with Crippen LogP contribution in [0.1, 0.15) is 13.8 Å². The van der Waals surface area contributed by atoms with Crippen molar-refractivity contribution in [3.05, 3.63) is 0 Å². The van der Waals surface area contributed by atoms with E-state index in [1.54, 1.807) is 7.11 Å². The molecule has 0 heterocycles. The first-order valence-electron chi connectivity index (χ1n) is 6.61. The summed E-state index contributed by atoms with van der Waals surface area (Å²) in [4.78, 5) is 0. The Kier molecular flexibility index (Phi) is 12.7. The van der Waals surface area contributed by atoms with Gasteiger partial charge in [0.25, 0.3) is 0 Å². The lowest BCUT2D eigenvalue weighted by Crippen LogP contribution is -2.55. The molecule has 0 unspecified atom stereocenters. The van der Waals surface area contributed by atoms with E-state index in [1.165, 1.54) is 0 Å². The van der Waals surface area contributed by atoms with E-state index in [2.05, 4.69) is 63.6 Å². The topological polar surface area (TPSA) is 21.3 Å². The molecule has 0 saturated carbocycles. The Morgan fingerprint density at radius 1 is 0.647 bits per heavy atom. The van der Waals surface area contributed by atoms with Gasteiger partial charge in [-0.15, -0.1) is 0 Å². The second-order valence-electron chi connectivity index (χ2n) is 6.94. The van der Waals surface area contributed by atoms with Crippen LogP contribution in [0.2, 0.25) is 58.9 Å². The summed E-state index contributed by atoms with van der Waals surface area (Å²) in [5.41, 5.74) is 0. The summed E-state index contributed by atoms with van der Waals surface area (Å²) in [5, 5.41) is 0. The second-order valence-corrected chi connectivity index (χ2v) is 21.6. The highest BCUT2D eigenvalue weighted by molar-refractivity contribution is 6.90. The van der Waals surface area contributed by atoms with E-state index in [1.807, 2.05) is 13.8 Å². The van der Waals surface area contributed by atoms with Gasteiger partial charge in [0.2, 0.25) is 0 Å². The van der Waals surface area contributed by atoms with E-state index in [9.17, 15) is 0 Å². The molecule has 0 saturated heterocycles. The molecule has 0 atom stereocenters. The Morgan fingerprint density at radius 2 is 0.824 bits per heavy atom. The Hall–Kier alpha value is 0.571. The van der Waals surface area contributed by atoms with Crippen molar-refractivity contribution >= 4 is 24.8 Å². The van der Waals surface area contributed by atoms with Crippen LogP contribution in [-0.4, -0.2) is 31.9 Å².